The normalized spacial score (nSPS) is 20.7. The van der Waals surface area contributed by atoms with Crippen molar-refractivity contribution in [3.05, 3.63) is 41.4 Å². The van der Waals surface area contributed by atoms with Crippen LogP contribution in [0, 0.1) is 0 Å². The monoisotopic (exact) mass is 577 g/mol. The number of hydrogen-bond acceptors (Lipinski definition) is 6. The number of piperidine rings is 1. The Morgan fingerprint density at radius 2 is 1.79 bits per heavy atom. The van der Waals surface area contributed by atoms with Gasteiger partial charge < -0.3 is 20.9 Å². The fraction of sp³-hybridized carbons (Fsp3) is 0.462. The summed E-state index contributed by atoms with van der Waals surface area (Å²) >= 11 is 6.01. The number of nitrogens with zero attached hydrogens (tertiary/aromatic N) is 2. The van der Waals surface area contributed by atoms with Crippen LogP contribution in [0.25, 0.3) is 10.8 Å². The Morgan fingerprint density at radius 1 is 1.08 bits per heavy atom. The predicted molar refractivity (Wildman–Crippen MR) is 145 cm³/mol. The number of nitrogens with one attached hydrogen (secondary N) is 2. The number of sulfonamides is 1. The molecule has 2 aromatic carbocycles. The third-order valence-corrected chi connectivity index (χ3v) is 8.85. The lowest BCUT2D eigenvalue weighted by Crippen LogP contribution is -2.55. The summed E-state index contributed by atoms with van der Waals surface area (Å²) in [5.41, 5.74) is 5.09. The zero-order valence-corrected chi connectivity index (χ0v) is 23.1. The second kappa shape index (κ2) is 11.9. The van der Waals surface area contributed by atoms with E-state index in [0.717, 1.165) is 5.39 Å². The van der Waals surface area contributed by atoms with Crippen molar-refractivity contribution in [1.82, 2.24) is 19.8 Å². The Hall–Kier alpha value is -3.22. The van der Waals surface area contributed by atoms with E-state index in [-0.39, 0.29) is 55.1 Å². The van der Waals surface area contributed by atoms with E-state index in [1.807, 2.05) is 0 Å². The summed E-state index contributed by atoms with van der Waals surface area (Å²) in [6.07, 6.45) is 1.54. The average molecular weight is 578 g/mol. The van der Waals surface area contributed by atoms with E-state index >= 15 is 0 Å². The number of amides is 4. The molecule has 2 aliphatic rings. The van der Waals surface area contributed by atoms with Gasteiger partial charge in [0, 0.05) is 43.5 Å². The van der Waals surface area contributed by atoms with Gasteiger partial charge in [0.25, 0.3) is 0 Å². The Labute approximate surface area is 232 Å². The van der Waals surface area contributed by atoms with Gasteiger partial charge in [-0.15, -0.1) is 0 Å². The van der Waals surface area contributed by atoms with E-state index in [4.69, 9.17) is 17.3 Å². The van der Waals surface area contributed by atoms with Crippen LogP contribution in [-0.2, 0) is 29.2 Å². The Morgan fingerprint density at radius 3 is 2.54 bits per heavy atom. The molecule has 3 unspecified atom stereocenters. The van der Waals surface area contributed by atoms with Crippen LogP contribution in [0.5, 0.6) is 0 Å². The first-order valence-corrected chi connectivity index (χ1v) is 14.7. The molecular weight excluding hydrogens is 546 g/mol. The van der Waals surface area contributed by atoms with Crippen molar-refractivity contribution in [1.29, 1.82) is 0 Å². The highest BCUT2D eigenvalue weighted by atomic mass is 35.5. The van der Waals surface area contributed by atoms with Crippen molar-refractivity contribution in [2.45, 2.75) is 62.0 Å². The molecule has 0 saturated carbocycles. The van der Waals surface area contributed by atoms with Gasteiger partial charge in [0.05, 0.1) is 4.90 Å². The first-order valence-electron chi connectivity index (χ1n) is 12.8. The molecule has 4 rings (SSSR count). The van der Waals surface area contributed by atoms with Gasteiger partial charge in [-0.2, -0.15) is 4.72 Å². The molecule has 11 nitrogen and oxygen atoms in total. The molecule has 4 amide bonds. The smallest absolute Gasteiger partial charge is 0.245 e. The lowest BCUT2D eigenvalue weighted by atomic mass is 10.0. The van der Waals surface area contributed by atoms with Gasteiger partial charge in [-0.1, -0.05) is 23.7 Å². The number of halogens is 1. The molecule has 39 heavy (non-hydrogen) atoms. The Balaban J connectivity index is 1.36. The summed E-state index contributed by atoms with van der Waals surface area (Å²) in [5.74, 6) is -1.59. The van der Waals surface area contributed by atoms with E-state index in [9.17, 15) is 27.6 Å². The lowest BCUT2D eigenvalue weighted by Gasteiger charge is -2.36. The van der Waals surface area contributed by atoms with Crippen LogP contribution in [0.3, 0.4) is 0 Å². The van der Waals surface area contributed by atoms with Crippen molar-refractivity contribution >= 4 is 56.0 Å². The number of hydrogen-bond donors (Lipinski definition) is 3. The first kappa shape index (κ1) is 28.8. The molecule has 13 heteroatoms. The third-order valence-electron chi connectivity index (χ3n) is 7.14. The van der Waals surface area contributed by atoms with Crippen LogP contribution < -0.4 is 15.8 Å². The van der Waals surface area contributed by atoms with Crippen molar-refractivity contribution < 1.29 is 27.6 Å². The van der Waals surface area contributed by atoms with Crippen LogP contribution in [0.4, 0.5) is 0 Å². The van der Waals surface area contributed by atoms with Gasteiger partial charge in [0.15, 0.2) is 0 Å². The summed E-state index contributed by atoms with van der Waals surface area (Å²) in [5, 5.41) is 4.87. The first-order chi connectivity index (χ1) is 18.4. The summed E-state index contributed by atoms with van der Waals surface area (Å²) in [4.78, 5) is 52.4. The van der Waals surface area contributed by atoms with Crippen LogP contribution in [-0.4, -0.2) is 79.6 Å². The molecule has 2 aliphatic heterocycles. The van der Waals surface area contributed by atoms with Crippen LogP contribution in [0.1, 0.15) is 39.0 Å². The average Bonchev–Trinajstić information content (AvgIpc) is 3.25. The Kier molecular flexibility index (Phi) is 8.77. The van der Waals surface area contributed by atoms with Crippen LogP contribution in [0.2, 0.25) is 5.02 Å². The standard InChI is InChI=1S/C26H32ClN5O6S/c1-16(25(35)31-11-2-3-20(15-31)29-24(34)9-8-23(28)33)32-12-10-22(26(32)36)30-39(37,38)21-7-5-17-13-19(27)6-4-18(17)14-21/h4-7,13-14,16,20,22,30H,2-3,8-12,15H2,1H3,(H2,28,33)(H,29,34). The molecule has 0 aromatic heterocycles. The number of primary amides is 1. The van der Waals surface area contributed by atoms with E-state index in [1.54, 1.807) is 36.1 Å². The van der Waals surface area contributed by atoms with Gasteiger partial charge in [0.2, 0.25) is 33.7 Å². The van der Waals surface area contributed by atoms with Crippen LogP contribution in [0.15, 0.2) is 41.3 Å². The third kappa shape index (κ3) is 6.87. The lowest BCUT2D eigenvalue weighted by molar-refractivity contribution is -0.144. The molecule has 0 bridgehead atoms. The fourth-order valence-electron chi connectivity index (χ4n) is 5.04. The van der Waals surface area contributed by atoms with Crippen molar-refractivity contribution in [2.24, 2.45) is 5.73 Å². The number of nitrogens with two attached hydrogens (primary N) is 1. The Bertz CT molecular complexity index is 1400. The molecule has 2 saturated heterocycles. The second-order valence-corrected chi connectivity index (χ2v) is 12.1. The minimum absolute atomic E-state index is 0.0106. The highest BCUT2D eigenvalue weighted by Crippen LogP contribution is 2.24. The quantitative estimate of drug-likeness (QED) is 0.405. The highest BCUT2D eigenvalue weighted by molar-refractivity contribution is 7.89. The van der Waals surface area contributed by atoms with Gasteiger partial charge in [0.1, 0.15) is 12.1 Å². The zero-order valence-electron chi connectivity index (χ0n) is 21.6. The number of benzene rings is 2. The number of likely N-dealkylation sites (tertiary alicyclic amines) is 2. The number of carbonyl (C=O) groups excluding carboxylic acids is 4. The van der Waals surface area contributed by atoms with Gasteiger partial charge in [-0.05, 0) is 61.2 Å². The maximum absolute atomic E-state index is 13.2. The SMILES string of the molecule is CC(C(=O)N1CCCC(NC(=O)CCC(N)=O)C1)N1CCC(NS(=O)(=O)c2ccc3cc(Cl)ccc3c2)C1=O. The summed E-state index contributed by atoms with van der Waals surface area (Å²) in [6, 6.07) is 7.75. The molecule has 2 fully saturated rings. The number of rotatable bonds is 9. The van der Waals surface area contributed by atoms with Crippen molar-refractivity contribution in [2.75, 3.05) is 19.6 Å². The van der Waals surface area contributed by atoms with Gasteiger partial charge in [-0.3, -0.25) is 19.2 Å². The largest absolute Gasteiger partial charge is 0.370 e. The maximum Gasteiger partial charge on any atom is 0.245 e. The van der Waals surface area contributed by atoms with Crippen molar-refractivity contribution in [3.63, 3.8) is 0 Å². The summed E-state index contributed by atoms with van der Waals surface area (Å²) in [6.45, 7) is 2.63. The molecular formula is C26H32ClN5O6S. The molecule has 4 N–H and O–H groups in total. The van der Waals surface area contributed by atoms with Crippen molar-refractivity contribution in [3.8, 4) is 0 Å². The summed E-state index contributed by atoms with van der Waals surface area (Å²) < 4.78 is 28.6. The number of carbonyl (C=O) groups is 4. The number of fused-ring (bicyclic) bond motifs is 1. The minimum atomic E-state index is -3.99. The topological polar surface area (TPSA) is 159 Å². The predicted octanol–water partition coefficient (Wildman–Crippen LogP) is 1.13. The fourth-order valence-corrected chi connectivity index (χ4v) is 6.48. The van der Waals surface area contributed by atoms with E-state index < -0.39 is 33.9 Å². The highest BCUT2D eigenvalue weighted by Gasteiger charge is 2.40. The molecule has 2 heterocycles. The molecule has 3 atom stereocenters. The van der Waals surface area contributed by atoms with E-state index in [1.165, 1.54) is 17.0 Å². The van der Waals surface area contributed by atoms with Gasteiger partial charge >= 0.3 is 0 Å². The summed E-state index contributed by atoms with van der Waals surface area (Å²) in [7, 11) is -3.99. The molecule has 0 radical (unpaired) electrons. The molecule has 210 valence electrons. The molecule has 2 aromatic rings. The van der Waals surface area contributed by atoms with E-state index in [2.05, 4.69) is 10.0 Å². The minimum Gasteiger partial charge on any atom is -0.370 e. The van der Waals surface area contributed by atoms with Crippen LogP contribution >= 0.6 is 11.6 Å². The van der Waals surface area contributed by atoms with E-state index in [0.29, 0.717) is 29.8 Å². The zero-order chi connectivity index (χ0) is 28.3. The molecule has 0 spiro atoms. The maximum atomic E-state index is 13.2. The second-order valence-electron chi connectivity index (χ2n) is 9.98. The van der Waals surface area contributed by atoms with Gasteiger partial charge in [-0.25, -0.2) is 8.42 Å². The molecule has 0 aliphatic carbocycles.